The molecule has 4 nitrogen and oxygen atoms in total. The van der Waals surface area contributed by atoms with Gasteiger partial charge in [0.1, 0.15) is 11.7 Å². The lowest BCUT2D eigenvalue weighted by molar-refractivity contribution is -0.420. The van der Waals surface area contributed by atoms with Gasteiger partial charge in [0.25, 0.3) is 0 Å². The van der Waals surface area contributed by atoms with Crippen molar-refractivity contribution in [1.29, 1.82) is 0 Å². The van der Waals surface area contributed by atoms with Crippen LogP contribution in [0.3, 0.4) is 0 Å². The van der Waals surface area contributed by atoms with Gasteiger partial charge in [0.05, 0.1) is 5.60 Å². The Kier molecular flexibility index (Phi) is 10.6. The van der Waals surface area contributed by atoms with Crippen molar-refractivity contribution >= 4 is 5.97 Å². The fourth-order valence-corrected chi connectivity index (χ4v) is 4.22. The lowest BCUT2D eigenvalue weighted by Crippen LogP contribution is -2.51. The van der Waals surface area contributed by atoms with E-state index in [1.165, 1.54) is 6.42 Å². The number of hydrogen-bond donors (Lipinski definition) is 0. The van der Waals surface area contributed by atoms with Crippen LogP contribution in [-0.4, -0.2) is 23.3 Å². The largest absolute Gasteiger partial charge is 0.459 e. The highest BCUT2D eigenvalue weighted by atomic mass is 17.2. The summed E-state index contributed by atoms with van der Waals surface area (Å²) in [5.41, 5.74) is -1.01. The summed E-state index contributed by atoms with van der Waals surface area (Å²) in [5.74, 6) is -0.156. The zero-order valence-corrected chi connectivity index (χ0v) is 22.5. The minimum absolute atomic E-state index is 0.125. The van der Waals surface area contributed by atoms with Crippen molar-refractivity contribution in [1.82, 2.24) is 0 Å². The summed E-state index contributed by atoms with van der Waals surface area (Å²) >= 11 is 0. The van der Waals surface area contributed by atoms with Crippen LogP contribution in [0.15, 0.2) is 0 Å². The van der Waals surface area contributed by atoms with Crippen LogP contribution in [0.5, 0.6) is 0 Å². The van der Waals surface area contributed by atoms with Crippen LogP contribution in [0.1, 0.15) is 129 Å². The smallest absolute Gasteiger partial charge is 0.306 e. The van der Waals surface area contributed by atoms with Gasteiger partial charge in [-0.25, -0.2) is 9.78 Å². The zero-order chi connectivity index (χ0) is 24.0. The quantitative estimate of drug-likeness (QED) is 0.145. The zero-order valence-electron chi connectivity index (χ0n) is 22.5. The van der Waals surface area contributed by atoms with Crippen LogP contribution in [0.2, 0.25) is 0 Å². The van der Waals surface area contributed by atoms with E-state index in [-0.39, 0.29) is 16.8 Å². The third-order valence-electron chi connectivity index (χ3n) is 4.91. The van der Waals surface area contributed by atoms with Crippen molar-refractivity contribution in [2.45, 2.75) is 146 Å². The number of carbonyl (C=O) groups is 1. The molecule has 0 N–H and O–H groups in total. The Morgan fingerprint density at radius 1 is 0.700 bits per heavy atom. The van der Waals surface area contributed by atoms with Crippen molar-refractivity contribution in [3.05, 3.63) is 0 Å². The highest BCUT2D eigenvalue weighted by molar-refractivity contribution is 5.69. The van der Waals surface area contributed by atoms with Crippen LogP contribution in [0.4, 0.5) is 0 Å². The predicted molar refractivity (Wildman–Crippen MR) is 126 cm³/mol. The molecule has 0 aliphatic heterocycles. The Morgan fingerprint density at radius 3 is 1.67 bits per heavy atom. The molecule has 0 spiro atoms. The molecule has 0 amide bonds. The summed E-state index contributed by atoms with van der Waals surface area (Å²) in [4.78, 5) is 24.4. The molecule has 180 valence electrons. The number of rotatable bonds is 11. The molecule has 1 unspecified atom stereocenters. The van der Waals surface area contributed by atoms with E-state index in [1.54, 1.807) is 0 Å². The van der Waals surface area contributed by atoms with Gasteiger partial charge in [-0.05, 0) is 57.8 Å². The molecule has 0 aliphatic rings. The van der Waals surface area contributed by atoms with E-state index in [2.05, 4.69) is 62.3 Å². The molecular weight excluding hydrogens is 376 g/mol. The van der Waals surface area contributed by atoms with E-state index in [9.17, 15) is 4.79 Å². The van der Waals surface area contributed by atoms with Crippen molar-refractivity contribution in [3.63, 3.8) is 0 Å². The Hall–Kier alpha value is -0.610. The van der Waals surface area contributed by atoms with Gasteiger partial charge in [-0.3, -0.25) is 4.79 Å². The minimum Gasteiger partial charge on any atom is -0.459 e. The normalized spacial score (nSPS) is 15.2. The van der Waals surface area contributed by atoms with Crippen LogP contribution in [0, 0.1) is 16.2 Å². The summed E-state index contributed by atoms with van der Waals surface area (Å²) in [5, 5.41) is 0. The molecule has 0 bridgehead atoms. The molecular formula is C26H52O4. The number of carbonyl (C=O) groups excluding carboxylic acids is 1. The van der Waals surface area contributed by atoms with E-state index in [4.69, 9.17) is 14.5 Å². The third kappa shape index (κ3) is 13.6. The van der Waals surface area contributed by atoms with Crippen LogP contribution in [-0.2, 0) is 19.3 Å². The first-order chi connectivity index (χ1) is 13.1. The second-order valence-electron chi connectivity index (χ2n) is 13.6. The molecule has 30 heavy (non-hydrogen) atoms. The number of ether oxygens (including phenoxy) is 1. The fraction of sp³-hybridized carbons (Fsp3) is 0.962. The molecule has 0 fully saturated rings. The lowest BCUT2D eigenvalue weighted by atomic mass is 9.80. The van der Waals surface area contributed by atoms with Crippen LogP contribution in [0.25, 0.3) is 0 Å². The van der Waals surface area contributed by atoms with Gasteiger partial charge in [0.2, 0.25) is 0 Å². The Balaban J connectivity index is 4.87. The van der Waals surface area contributed by atoms with Crippen molar-refractivity contribution in [3.8, 4) is 0 Å². The summed E-state index contributed by atoms with van der Waals surface area (Å²) in [6, 6.07) is 0. The van der Waals surface area contributed by atoms with Gasteiger partial charge in [0, 0.05) is 11.8 Å². The van der Waals surface area contributed by atoms with E-state index in [0.29, 0.717) is 11.8 Å². The highest BCUT2D eigenvalue weighted by Crippen LogP contribution is 2.36. The summed E-state index contributed by atoms with van der Waals surface area (Å²) in [6.45, 7) is 27.5. The monoisotopic (exact) mass is 428 g/mol. The molecule has 0 aliphatic carbocycles. The first-order valence-corrected chi connectivity index (χ1v) is 11.7. The van der Waals surface area contributed by atoms with E-state index >= 15 is 0 Å². The van der Waals surface area contributed by atoms with E-state index in [0.717, 1.165) is 25.7 Å². The van der Waals surface area contributed by atoms with Gasteiger partial charge >= 0.3 is 5.97 Å². The van der Waals surface area contributed by atoms with Gasteiger partial charge in [-0.2, -0.15) is 0 Å². The molecule has 4 heteroatoms. The first-order valence-electron chi connectivity index (χ1n) is 11.7. The molecule has 0 radical (unpaired) electrons. The molecule has 0 saturated carbocycles. The summed E-state index contributed by atoms with van der Waals surface area (Å²) in [7, 11) is 0. The lowest BCUT2D eigenvalue weighted by Gasteiger charge is -2.42. The number of esters is 1. The minimum atomic E-state index is -0.769. The Labute approximate surface area is 187 Å². The van der Waals surface area contributed by atoms with E-state index < -0.39 is 17.3 Å². The summed E-state index contributed by atoms with van der Waals surface area (Å²) in [6.07, 6.45) is 5.12. The SMILES string of the molecule is CC(C)(C)CCCCCC(=O)OC(C(C)(C)C)C(C)(C)OOC(C)(C)CC(C)(C)C. The second-order valence-corrected chi connectivity index (χ2v) is 13.6. The van der Waals surface area contributed by atoms with Crippen molar-refractivity contribution in [2.75, 3.05) is 0 Å². The molecule has 1 atom stereocenters. The molecule has 0 rings (SSSR count). The third-order valence-corrected chi connectivity index (χ3v) is 4.91. The molecule has 0 aromatic heterocycles. The molecule has 0 saturated heterocycles. The topological polar surface area (TPSA) is 44.8 Å². The highest BCUT2D eigenvalue weighted by Gasteiger charge is 2.44. The number of unbranched alkanes of at least 4 members (excludes halogenated alkanes) is 2. The van der Waals surface area contributed by atoms with Gasteiger partial charge < -0.3 is 4.74 Å². The van der Waals surface area contributed by atoms with Gasteiger partial charge in [0.15, 0.2) is 0 Å². The second kappa shape index (κ2) is 10.8. The molecule has 0 heterocycles. The standard InChI is InChI=1S/C26H52O4/c1-22(2,3)18-16-14-15-17-20(27)28-21(24(7,8)9)26(12,13)30-29-25(10,11)19-23(4,5)6/h21H,14-19H2,1-13H3. The Morgan fingerprint density at radius 2 is 1.23 bits per heavy atom. The Bertz CT molecular complexity index is 513. The van der Waals surface area contributed by atoms with Gasteiger partial charge in [-0.15, -0.1) is 0 Å². The maximum Gasteiger partial charge on any atom is 0.306 e. The summed E-state index contributed by atoms with van der Waals surface area (Å²) < 4.78 is 5.95. The van der Waals surface area contributed by atoms with E-state index in [1.807, 2.05) is 27.7 Å². The average Bonchev–Trinajstić information content (AvgIpc) is 2.46. The average molecular weight is 429 g/mol. The van der Waals surface area contributed by atoms with Crippen molar-refractivity contribution < 1.29 is 19.3 Å². The fourth-order valence-electron chi connectivity index (χ4n) is 4.22. The predicted octanol–water partition coefficient (Wildman–Crippen LogP) is 7.88. The van der Waals surface area contributed by atoms with Gasteiger partial charge in [-0.1, -0.05) is 75.2 Å². The maximum atomic E-state index is 12.6. The molecule has 0 aromatic rings. The number of hydrogen-bond acceptors (Lipinski definition) is 4. The molecule has 0 aromatic carbocycles. The maximum absolute atomic E-state index is 12.6. The first kappa shape index (κ1) is 29.4. The van der Waals surface area contributed by atoms with Crippen molar-refractivity contribution in [2.24, 2.45) is 16.2 Å². The van der Waals surface area contributed by atoms with Crippen LogP contribution < -0.4 is 0 Å². The van der Waals surface area contributed by atoms with Crippen LogP contribution >= 0.6 is 0 Å².